The summed E-state index contributed by atoms with van der Waals surface area (Å²) in [6.45, 7) is 0.0425. The van der Waals surface area contributed by atoms with E-state index in [1.165, 1.54) is 18.9 Å². The molecule has 1 aromatic heterocycles. The van der Waals surface area contributed by atoms with Crippen LogP contribution < -0.4 is 0 Å². The summed E-state index contributed by atoms with van der Waals surface area (Å²) in [4.78, 5) is 28.6. The summed E-state index contributed by atoms with van der Waals surface area (Å²) in [6, 6.07) is 10.4. The summed E-state index contributed by atoms with van der Waals surface area (Å²) in [7, 11) is 1.32. The van der Waals surface area contributed by atoms with Crippen LogP contribution in [0.5, 0.6) is 0 Å². The summed E-state index contributed by atoms with van der Waals surface area (Å²) >= 11 is 1.35. The monoisotopic (exact) mass is 382 g/mol. The molecule has 7 heteroatoms. The van der Waals surface area contributed by atoms with Gasteiger partial charge in [-0.3, -0.25) is 0 Å². The van der Waals surface area contributed by atoms with Gasteiger partial charge in [0.15, 0.2) is 0 Å². The van der Waals surface area contributed by atoms with Crippen LogP contribution in [-0.2, 0) is 16.1 Å². The second-order valence-electron chi connectivity index (χ2n) is 6.13. The van der Waals surface area contributed by atoms with E-state index in [1.54, 1.807) is 30.3 Å². The Morgan fingerprint density at radius 3 is 2.52 bits per heavy atom. The van der Waals surface area contributed by atoms with Crippen LogP contribution in [0.4, 0.5) is 0 Å². The van der Waals surface area contributed by atoms with Gasteiger partial charge >= 0.3 is 11.9 Å². The van der Waals surface area contributed by atoms with Gasteiger partial charge in [-0.05, 0) is 42.9 Å². The molecule has 1 aliphatic carbocycles. The molecule has 1 aliphatic rings. The van der Waals surface area contributed by atoms with Gasteiger partial charge in [0.1, 0.15) is 17.7 Å². The van der Waals surface area contributed by atoms with Gasteiger partial charge in [0.05, 0.1) is 23.8 Å². The van der Waals surface area contributed by atoms with Gasteiger partial charge in [-0.15, -0.1) is 11.8 Å². The molecule has 0 aliphatic heterocycles. The lowest BCUT2D eigenvalue weighted by Crippen LogP contribution is -2.10. The lowest BCUT2D eigenvalue weighted by atomic mass is 10.1. The van der Waals surface area contributed by atoms with Gasteiger partial charge < -0.3 is 9.47 Å². The standard InChI is InChI=1S/C20H18N2O4S/c1-25-19(23)14-5-3-12(4-6-14)11-26-20(24)15-9-17(13-7-8-13)22-18(27-2)16(15)10-21/h3-6,9,13H,7-8,11H2,1-2H3. The molecule has 27 heavy (non-hydrogen) atoms. The molecule has 0 unspecified atom stereocenters. The SMILES string of the molecule is COC(=O)c1ccc(COC(=O)c2cc(C3CC3)nc(SC)c2C#N)cc1. The maximum atomic E-state index is 12.6. The number of esters is 2. The van der Waals surface area contributed by atoms with E-state index in [0.717, 1.165) is 24.1 Å². The minimum Gasteiger partial charge on any atom is -0.465 e. The highest BCUT2D eigenvalue weighted by atomic mass is 32.2. The lowest BCUT2D eigenvalue weighted by Gasteiger charge is -2.11. The zero-order valence-corrected chi connectivity index (χ0v) is 15.8. The molecule has 0 N–H and O–H groups in total. The van der Waals surface area contributed by atoms with Gasteiger partial charge in [0.2, 0.25) is 0 Å². The number of pyridine rings is 1. The molecule has 1 heterocycles. The number of ether oxygens (including phenoxy) is 2. The number of aromatic nitrogens is 1. The predicted molar refractivity (Wildman–Crippen MR) is 99.6 cm³/mol. The van der Waals surface area contributed by atoms with Crippen LogP contribution in [0, 0.1) is 11.3 Å². The fourth-order valence-electron chi connectivity index (χ4n) is 2.63. The third kappa shape index (κ3) is 4.29. The molecular formula is C20H18N2O4S. The number of hydrogen-bond acceptors (Lipinski definition) is 7. The van der Waals surface area contributed by atoms with Gasteiger partial charge in [0.25, 0.3) is 0 Å². The second kappa shape index (κ2) is 8.23. The molecule has 0 bridgehead atoms. The number of benzene rings is 1. The van der Waals surface area contributed by atoms with Crippen molar-refractivity contribution in [3.8, 4) is 6.07 Å². The van der Waals surface area contributed by atoms with E-state index in [9.17, 15) is 14.9 Å². The first-order chi connectivity index (χ1) is 13.1. The number of carbonyl (C=O) groups excluding carboxylic acids is 2. The van der Waals surface area contributed by atoms with E-state index in [4.69, 9.17) is 4.74 Å². The number of methoxy groups -OCH3 is 1. The zero-order valence-electron chi connectivity index (χ0n) is 15.0. The first kappa shape index (κ1) is 18.9. The number of thioether (sulfide) groups is 1. The Hall–Kier alpha value is -2.85. The first-order valence-corrected chi connectivity index (χ1v) is 9.63. The molecule has 1 aromatic carbocycles. The van der Waals surface area contributed by atoms with E-state index < -0.39 is 11.9 Å². The Labute approximate surface area is 161 Å². The third-order valence-corrected chi connectivity index (χ3v) is 4.95. The van der Waals surface area contributed by atoms with Gasteiger partial charge in [0, 0.05) is 11.6 Å². The summed E-state index contributed by atoms with van der Waals surface area (Å²) in [5, 5.41) is 10.0. The van der Waals surface area contributed by atoms with Crippen molar-refractivity contribution in [2.45, 2.75) is 30.4 Å². The summed E-state index contributed by atoms with van der Waals surface area (Å²) in [6.07, 6.45) is 3.93. The van der Waals surface area contributed by atoms with Gasteiger partial charge in [-0.2, -0.15) is 5.26 Å². The van der Waals surface area contributed by atoms with E-state index in [0.29, 0.717) is 16.5 Å². The van der Waals surface area contributed by atoms with Crippen molar-refractivity contribution >= 4 is 23.7 Å². The van der Waals surface area contributed by atoms with Crippen molar-refractivity contribution in [1.82, 2.24) is 4.98 Å². The number of nitrogens with zero attached hydrogens (tertiary/aromatic N) is 2. The van der Waals surface area contributed by atoms with Crippen LogP contribution in [0.15, 0.2) is 35.4 Å². The highest BCUT2D eigenvalue weighted by molar-refractivity contribution is 7.98. The topological polar surface area (TPSA) is 89.3 Å². The second-order valence-corrected chi connectivity index (χ2v) is 6.92. The minimum absolute atomic E-state index is 0.0425. The van der Waals surface area contributed by atoms with Crippen LogP contribution in [0.3, 0.4) is 0 Å². The van der Waals surface area contributed by atoms with Gasteiger partial charge in [-0.1, -0.05) is 12.1 Å². The molecule has 0 atom stereocenters. The summed E-state index contributed by atoms with van der Waals surface area (Å²) in [5.41, 5.74) is 2.50. The van der Waals surface area contributed by atoms with E-state index in [-0.39, 0.29) is 17.7 Å². The molecule has 0 amide bonds. The fourth-order valence-corrected chi connectivity index (χ4v) is 3.18. The van der Waals surface area contributed by atoms with Crippen LogP contribution in [-0.4, -0.2) is 30.3 Å². The normalized spacial score (nSPS) is 12.9. The van der Waals surface area contributed by atoms with Crippen molar-refractivity contribution in [1.29, 1.82) is 5.26 Å². The Kier molecular flexibility index (Phi) is 5.77. The quantitative estimate of drug-likeness (QED) is 0.556. The Morgan fingerprint density at radius 2 is 1.96 bits per heavy atom. The molecule has 1 fully saturated rings. The van der Waals surface area contributed by atoms with Crippen molar-refractivity contribution in [3.63, 3.8) is 0 Å². The van der Waals surface area contributed by atoms with Crippen molar-refractivity contribution in [2.24, 2.45) is 0 Å². The number of nitriles is 1. The number of carbonyl (C=O) groups is 2. The van der Waals surface area contributed by atoms with Gasteiger partial charge in [-0.25, -0.2) is 14.6 Å². The summed E-state index contributed by atoms with van der Waals surface area (Å²) < 4.78 is 10.0. The summed E-state index contributed by atoms with van der Waals surface area (Å²) in [5.74, 6) is -0.615. The average Bonchev–Trinajstić information content (AvgIpc) is 3.56. The van der Waals surface area contributed by atoms with E-state index >= 15 is 0 Å². The molecule has 2 aromatic rings. The van der Waals surface area contributed by atoms with Crippen LogP contribution in [0.25, 0.3) is 0 Å². The third-order valence-electron chi connectivity index (χ3n) is 4.27. The largest absolute Gasteiger partial charge is 0.465 e. The Morgan fingerprint density at radius 1 is 1.26 bits per heavy atom. The number of rotatable bonds is 6. The van der Waals surface area contributed by atoms with E-state index in [1.807, 2.05) is 6.26 Å². The number of hydrogen-bond donors (Lipinski definition) is 0. The predicted octanol–water partition coefficient (Wildman–Crippen LogP) is 3.70. The smallest absolute Gasteiger partial charge is 0.339 e. The molecule has 0 spiro atoms. The molecular weight excluding hydrogens is 364 g/mol. The lowest BCUT2D eigenvalue weighted by molar-refractivity contribution is 0.0470. The average molecular weight is 382 g/mol. The molecule has 6 nitrogen and oxygen atoms in total. The van der Waals surface area contributed by atoms with Crippen molar-refractivity contribution < 1.29 is 19.1 Å². The maximum absolute atomic E-state index is 12.6. The molecule has 1 saturated carbocycles. The maximum Gasteiger partial charge on any atom is 0.339 e. The molecule has 0 saturated heterocycles. The Balaban J connectivity index is 1.77. The van der Waals surface area contributed by atoms with Crippen LogP contribution in [0.1, 0.15) is 56.3 Å². The molecule has 3 rings (SSSR count). The molecule has 0 radical (unpaired) electrons. The highest BCUT2D eigenvalue weighted by Crippen LogP contribution is 2.40. The molecule has 138 valence electrons. The van der Waals surface area contributed by atoms with Crippen LogP contribution >= 0.6 is 11.8 Å². The van der Waals surface area contributed by atoms with Crippen LogP contribution in [0.2, 0.25) is 0 Å². The highest BCUT2D eigenvalue weighted by Gasteiger charge is 2.29. The zero-order chi connectivity index (χ0) is 19.4. The Bertz CT molecular complexity index is 915. The van der Waals surface area contributed by atoms with Crippen molar-refractivity contribution in [2.75, 3.05) is 13.4 Å². The minimum atomic E-state index is -0.553. The fraction of sp³-hybridized carbons (Fsp3) is 0.300. The van der Waals surface area contributed by atoms with E-state index in [2.05, 4.69) is 15.8 Å². The first-order valence-electron chi connectivity index (χ1n) is 8.40. The van der Waals surface area contributed by atoms with Crippen molar-refractivity contribution in [3.05, 3.63) is 58.3 Å².